The summed E-state index contributed by atoms with van der Waals surface area (Å²) in [5, 5.41) is 6.61. The minimum atomic E-state index is 0.250. The van der Waals surface area contributed by atoms with Crippen molar-refractivity contribution in [3.8, 4) is 17.0 Å². The molecule has 0 fully saturated rings. The van der Waals surface area contributed by atoms with Gasteiger partial charge in [-0.3, -0.25) is 0 Å². The van der Waals surface area contributed by atoms with Crippen LogP contribution in [0.3, 0.4) is 0 Å². The summed E-state index contributed by atoms with van der Waals surface area (Å²) < 4.78 is 5.20. The van der Waals surface area contributed by atoms with Gasteiger partial charge in [-0.25, -0.2) is 4.98 Å². The van der Waals surface area contributed by atoms with Crippen LogP contribution in [0.15, 0.2) is 60.7 Å². The summed E-state index contributed by atoms with van der Waals surface area (Å²) in [6.45, 7) is 4.13. The molecule has 25 heavy (non-hydrogen) atoms. The van der Waals surface area contributed by atoms with Crippen LogP contribution in [0, 0.1) is 0 Å². The van der Waals surface area contributed by atoms with E-state index in [2.05, 4.69) is 34.4 Å². The Kier molecular flexibility index (Phi) is 5.14. The minimum Gasteiger partial charge on any atom is -0.497 e. The zero-order valence-electron chi connectivity index (χ0n) is 14.7. The minimum absolute atomic E-state index is 0.250. The van der Waals surface area contributed by atoms with Crippen LogP contribution in [0.5, 0.6) is 5.75 Å². The van der Waals surface area contributed by atoms with E-state index in [1.807, 2.05) is 60.7 Å². The molecule has 0 bridgehead atoms. The Balaban J connectivity index is 1.93. The van der Waals surface area contributed by atoms with Crippen molar-refractivity contribution in [2.24, 2.45) is 0 Å². The lowest BCUT2D eigenvalue weighted by Gasteiger charge is -2.13. The molecule has 0 aliphatic heterocycles. The van der Waals surface area contributed by atoms with Crippen LogP contribution in [0.1, 0.15) is 13.8 Å². The zero-order chi connectivity index (χ0) is 17.6. The summed E-state index contributed by atoms with van der Waals surface area (Å²) in [7, 11) is 1.66. The van der Waals surface area contributed by atoms with Crippen molar-refractivity contribution in [1.82, 2.24) is 9.97 Å². The summed E-state index contributed by atoms with van der Waals surface area (Å²) in [6.07, 6.45) is 0. The van der Waals surface area contributed by atoms with Gasteiger partial charge in [-0.05, 0) is 38.1 Å². The van der Waals surface area contributed by atoms with Gasteiger partial charge >= 0.3 is 0 Å². The fraction of sp³-hybridized carbons (Fsp3) is 0.200. The summed E-state index contributed by atoms with van der Waals surface area (Å²) in [5.74, 6) is 2.16. The number of nitrogens with zero attached hydrogens (tertiary/aromatic N) is 2. The number of anilines is 3. The maximum Gasteiger partial charge on any atom is 0.225 e. The Bertz CT molecular complexity index is 817. The SMILES string of the molecule is COc1ccc(Nc2cc(-c3ccccc3)nc(NC(C)C)n2)cc1. The summed E-state index contributed by atoms with van der Waals surface area (Å²) >= 11 is 0. The standard InChI is InChI=1S/C20H22N4O/c1-14(2)21-20-23-18(15-7-5-4-6-8-15)13-19(24-20)22-16-9-11-17(25-3)12-10-16/h4-14H,1-3H3,(H2,21,22,23,24). The third kappa shape index (κ3) is 4.47. The molecular weight excluding hydrogens is 312 g/mol. The molecule has 0 unspecified atom stereocenters. The van der Waals surface area contributed by atoms with Gasteiger partial charge in [0.1, 0.15) is 11.6 Å². The van der Waals surface area contributed by atoms with Crippen LogP contribution < -0.4 is 15.4 Å². The average molecular weight is 334 g/mol. The van der Waals surface area contributed by atoms with Crippen LogP contribution >= 0.6 is 0 Å². The molecule has 3 aromatic rings. The first kappa shape index (κ1) is 16.8. The summed E-state index contributed by atoms with van der Waals surface area (Å²) in [5.41, 5.74) is 2.86. The molecule has 2 N–H and O–H groups in total. The number of hydrogen-bond acceptors (Lipinski definition) is 5. The molecule has 1 aromatic heterocycles. The fourth-order valence-corrected chi connectivity index (χ4v) is 2.41. The van der Waals surface area contributed by atoms with Gasteiger partial charge in [0.25, 0.3) is 0 Å². The molecule has 0 atom stereocenters. The van der Waals surface area contributed by atoms with Crippen LogP contribution in [-0.4, -0.2) is 23.1 Å². The topological polar surface area (TPSA) is 59.1 Å². The van der Waals surface area contributed by atoms with Crippen LogP contribution in [0.25, 0.3) is 11.3 Å². The van der Waals surface area contributed by atoms with Gasteiger partial charge in [0.15, 0.2) is 0 Å². The number of ether oxygens (including phenoxy) is 1. The molecule has 0 saturated heterocycles. The Hall–Kier alpha value is -3.08. The maximum absolute atomic E-state index is 5.20. The molecule has 2 aromatic carbocycles. The van der Waals surface area contributed by atoms with Crippen molar-refractivity contribution >= 4 is 17.5 Å². The Morgan fingerprint density at radius 2 is 1.64 bits per heavy atom. The van der Waals surface area contributed by atoms with Gasteiger partial charge in [-0.15, -0.1) is 0 Å². The molecule has 5 nitrogen and oxygen atoms in total. The van der Waals surface area contributed by atoms with E-state index in [9.17, 15) is 0 Å². The first-order valence-corrected chi connectivity index (χ1v) is 8.26. The molecule has 1 heterocycles. The van der Waals surface area contributed by atoms with Crippen molar-refractivity contribution in [3.05, 3.63) is 60.7 Å². The highest BCUT2D eigenvalue weighted by atomic mass is 16.5. The van der Waals surface area contributed by atoms with Gasteiger partial charge in [-0.1, -0.05) is 30.3 Å². The van der Waals surface area contributed by atoms with E-state index in [4.69, 9.17) is 4.74 Å². The number of methoxy groups -OCH3 is 1. The molecule has 0 aliphatic rings. The predicted octanol–water partition coefficient (Wildman–Crippen LogP) is 4.72. The third-order valence-electron chi connectivity index (χ3n) is 3.58. The van der Waals surface area contributed by atoms with Gasteiger partial charge < -0.3 is 15.4 Å². The van der Waals surface area contributed by atoms with E-state index in [0.717, 1.165) is 28.5 Å². The second-order valence-electron chi connectivity index (χ2n) is 5.98. The van der Waals surface area contributed by atoms with Crippen LogP contribution in [0.2, 0.25) is 0 Å². The lowest BCUT2D eigenvalue weighted by atomic mass is 10.1. The van der Waals surface area contributed by atoms with E-state index < -0.39 is 0 Å². The first-order valence-electron chi connectivity index (χ1n) is 8.26. The van der Waals surface area contributed by atoms with Crippen molar-refractivity contribution < 1.29 is 4.74 Å². The second kappa shape index (κ2) is 7.66. The van der Waals surface area contributed by atoms with Crippen molar-refractivity contribution in [1.29, 1.82) is 0 Å². The zero-order valence-corrected chi connectivity index (χ0v) is 14.7. The molecule has 0 amide bonds. The maximum atomic E-state index is 5.20. The highest BCUT2D eigenvalue weighted by molar-refractivity contribution is 5.67. The number of nitrogens with one attached hydrogen (secondary N) is 2. The van der Waals surface area contributed by atoms with Gasteiger partial charge in [-0.2, -0.15) is 4.98 Å². The molecule has 0 spiro atoms. The molecule has 0 saturated carbocycles. The molecule has 5 heteroatoms. The molecule has 128 valence electrons. The highest BCUT2D eigenvalue weighted by Gasteiger charge is 2.08. The van der Waals surface area contributed by atoms with Crippen LogP contribution in [-0.2, 0) is 0 Å². The smallest absolute Gasteiger partial charge is 0.225 e. The number of hydrogen-bond donors (Lipinski definition) is 2. The Morgan fingerprint density at radius 3 is 2.28 bits per heavy atom. The predicted molar refractivity (Wildman–Crippen MR) is 103 cm³/mol. The monoisotopic (exact) mass is 334 g/mol. The van der Waals surface area contributed by atoms with E-state index in [-0.39, 0.29) is 6.04 Å². The quantitative estimate of drug-likeness (QED) is 0.683. The average Bonchev–Trinajstić information content (AvgIpc) is 2.62. The normalized spacial score (nSPS) is 10.6. The van der Waals surface area contributed by atoms with Crippen molar-refractivity contribution in [2.45, 2.75) is 19.9 Å². The van der Waals surface area contributed by atoms with Gasteiger partial charge in [0.2, 0.25) is 5.95 Å². The van der Waals surface area contributed by atoms with E-state index in [0.29, 0.717) is 5.95 Å². The van der Waals surface area contributed by atoms with Gasteiger partial charge in [0, 0.05) is 23.4 Å². The fourth-order valence-electron chi connectivity index (χ4n) is 2.41. The van der Waals surface area contributed by atoms with E-state index in [1.54, 1.807) is 7.11 Å². The van der Waals surface area contributed by atoms with Gasteiger partial charge in [0.05, 0.1) is 12.8 Å². The first-order chi connectivity index (χ1) is 12.1. The second-order valence-corrected chi connectivity index (χ2v) is 5.98. The van der Waals surface area contributed by atoms with Crippen LogP contribution in [0.4, 0.5) is 17.5 Å². The number of aromatic nitrogens is 2. The summed E-state index contributed by atoms with van der Waals surface area (Å²) in [6, 6.07) is 20.0. The lowest BCUT2D eigenvalue weighted by Crippen LogP contribution is -2.13. The lowest BCUT2D eigenvalue weighted by molar-refractivity contribution is 0.415. The Labute approximate surface area is 148 Å². The van der Waals surface area contributed by atoms with E-state index >= 15 is 0 Å². The molecule has 3 rings (SSSR count). The summed E-state index contributed by atoms with van der Waals surface area (Å²) in [4.78, 5) is 9.20. The largest absolute Gasteiger partial charge is 0.497 e. The van der Waals surface area contributed by atoms with Crippen molar-refractivity contribution in [3.63, 3.8) is 0 Å². The molecular formula is C20H22N4O. The highest BCUT2D eigenvalue weighted by Crippen LogP contribution is 2.24. The number of benzene rings is 2. The third-order valence-corrected chi connectivity index (χ3v) is 3.58. The number of rotatable bonds is 6. The van der Waals surface area contributed by atoms with E-state index in [1.165, 1.54) is 0 Å². The molecule has 0 radical (unpaired) electrons. The van der Waals surface area contributed by atoms with Crippen molar-refractivity contribution in [2.75, 3.05) is 17.7 Å². The molecule has 0 aliphatic carbocycles. The Morgan fingerprint density at radius 1 is 0.920 bits per heavy atom.